The molecular formula is C36H55Cl2N6O4P. The standard InChI is InChI=1S/2C18H26ClN3.H3O4P/c1-4-22(5-2)12-8-9-14(3)20-18-13-16(19)15-10-6-7-11-17(15)21-18;1-4-22(5-2)12-8-9-14(3)20-17-13-18(19)21-16-11-7-6-10-15(16)17;1-5(2,3)4/h2*6-7,10-11,13-14H,4-5,8-9,12H2,1-3H3,(H,20,21);(H3,1,2,3,4). The number of phosphoric acid groups is 1. The number of pyridine rings is 2. The maximum Gasteiger partial charge on any atom is 0.466 e. The Balaban J connectivity index is 0.000000299. The number of nitrogens with one attached hydrogen (secondary N) is 2. The minimum absolute atomic E-state index is 0.389. The summed E-state index contributed by atoms with van der Waals surface area (Å²) in [5.41, 5.74) is 2.95. The molecule has 0 aliphatic heterocycles. The summed E-state index contributed by atoms with van der Waals surface area (Å²) in [6, 6.07) is 20.7. The van der Waals surface area contributed by atoms with Crippen molar-refractivity contribution < 1.29 is 19.2 Å². The van der Waals surface area contributed by atoms with E-state index in [-0.39, 0.29) is 0 Å². The molecule has 10 nitrogen and oxygen atoms in total. The smallest absolute Gasteiger partial charge is 0.382 e. The highest BCUT2D eigenvalue weighted by molar-refractivity contribution is 7.45. The molecule has 2 aromatic carbocycles. The first-order chi connectivity index (χ1) is 23.3. The molecule has 0 fully saturated rings. The Morgan fingerprint density at radius 2 is 1.16 bits per heavy atom. The second kappa shape index (κ2) is 22.3. The van der Waals surface area contributed by atoms with E-state index in [0.717, 1.165) is 90.4 Å². The quantitative estimate of drug-likeness (QED) is 0.0562. The third-order valence-electron chi connectivity index (χ3n) is 8.16. The number of hydrogen-bond acceptors (Lipinski definition) is 7. The van der Waals surface area contributed by atoms with Crippen molar-refractivity contribution in [3.63, 3.8) is 0 Å². The largest absolute Gasteiger partial charge is 0.466 e. The van der Waals surface area contributed by atoms with Gasteiger partial charge in [-0.25, -0.2) is 14.5 Å². The molecule has 5 N–H and O–H groups in total. The molecular weight excluding hydrogens is 682 g/mol. The molecule has 0 aliphatic rings. The van der Waals surface area contributed by atoms with Gasteiger partial charge in [-0.3, -0.25) is 0 Å². The molecule has 2 unspecified atom stereocenters. The molecule has 0 saturated carbocycles. The maximum absolute atomic E-state index is 8.88. The minimum atomic E-state index is -4.64. The third-order valence-corrected chi connectivity index (χ3v) is 8.66. The first-order valence-electron chi connectivity index (χ1n) is 17.1. The average molecular weight is 738 g/mol. The van der Waals surface area contributed by atoms with E-state index in [2.05, 4.69) is 78.0 Å². The Kier molecular flexibility index (Phi) is 19.4. The predicted octanol–water partition coefficient (Wildman–Crippen LogP) is 8.69. The number of rotatable bonds is 16. The molecule has 2 atom stereocenters. The molecule has 4 aromatic rings. The lowest BCUT2D eigenvalue weighted by atomic mass is 10.1. The van der Waals surface area contributed by atoms with E-state index in [9.17, 15) is 0 Å². The van der Waals surface area contributed by atoms with Crippen LogP contribution in [0.4, 0.5) is 11.5 Å². The van der Waals surface area contributed by atoms with Gasteiger partial charge in [0.1, 0.15) is 11.0 Å². The van der Waals surface area contributed by atoms with E-state index >= 15 is 0 Å². The van der Waals surface area contributed by atoms with Crippen molar-refractivity contribution in [2.75, 3.05) is 49.9 Å². The number of nitrogens with zero attached hydrogens (tertiary/aromatic N) is 4. The fraction of sp³-hybridized carbons (Fsp3) is 0.500. The lowest BCUT2D eigenvalue weighted by molar-refractivity contribution is 0.275. The first kappa shape index (κ1) is 42.6. The zero-order valence-corrected chi connectivity index (χ0v) is 32.1. The summed E-state index contributed by atoms with van der Waals surface area (Å²) < 4.78 is 8.88. The summed E-state index contributed by atoms with van der Waals surface area (Å²) in [7, 11) is -4.64. The molecule has 2 aromatic heterocycles. The van der Waals surface area contributed by atoms with Gasteiger partial charge in [0.2, 0.25) is 0 Å². The van der Waals surface area contributed by atoms with Crippen LogP contribution in [0.1, 0.15) is 67.2 Å². The van der Waals surface area contributed by atoms with Gasteiger partial charge in [-0.2, -0.15) is 0 Å². The Hall–Kier alpha value is -2.53. The second-order valence-electron chi connectivity index (χ2n) is 12.0. The van der Waals surface area contributed by atoms with Crippen LogP contribution in [-0.4, -0.2) is 85.8 Å². The molecule has 49 heavy (non-hydrogen) atoms. The van der Waals surface area contributed by atoms with Crippen molar-refractivity contribution in [2.45, 2.75) is 79.3 Å². The van der Waals surface area contributed by atoms with E-state index in [1.807, 2.05) is 54.6 Å². The van der Waals surface area contributed by atoms with Crippen LogP contribution in [-0.2, 0) is 4.57 Å². The van der Waals surface area contributed by atoms with Crippen molar-refractivity contribution >= 4 is 64.3 Å². The van der Waals surface area contributed by atoms with Gasteiger partial charge in [0, 0.05) is 28.5 Å². The topological polar surface area (TPSA) is 134 Å². The summed E-state index contributed by atoms with van der Waals surface area (Å²) in [6.45, 7) is 20.1. The molecule has 0 bridgehead atoms. The molecule has 0 amide bonds. The van der Waals surface area contributed by atoms with E-state index < -0.39 is 7.82 Å². The number of halogens is 2. The summed E-state index contributed by atoms with van der Waals surface area (Å²) >= 11 is 12.5. The number of aromatic nitrogens is 2. The lowest BCUT2D eigenvalue weighted by Gasteiger charge is -2.21. The Morgan fingerprint density at radius 1 is 0.714 bits per heavy atom. The van der Waals surface area contributed by atoms with Gasteiger partial charge in [0.05, 0.1) is 16.1 Å². The SMILES string of the molecule is CCN(CC)CCCC(C)Nc1cc(Cl)c2ccccc2n1.CCN(CC)CCCC(C)Nc1cc(Cl)nc2ccccc12.O=P(O)(O)O. The van der Waals surface area contributed by atoms with Crippen LogP contribution < -0.4 is 10.6 Å². The fourth-order valence-corrected chi connectivity index (χ4v) is 5.92. The Labute approximate surface area is 302 Å². The summed E-state index contributed by atoms with van der Waals surface area (Å²) in [6.07, 6.45) is 4.66. The van der Waals surface area contributed by atoms with Crippen molar-refractivity contribution in [1.29, 1.82) is 0 Å². The molecule has 0 radical (unpaired) electrons. The van der Waals surface area contributed by atoms with Gasteiger partial charge in [0.15, 0.2) is 0 Å². The van der Waals surface area contributed by atoms with Crippen molar-refractivity contribution in [3.8, 4) is 0 Å². The third kappa shape index (κ3) is 16.8. The predicted molar refractivity (Wildman–Crippen MR) is 208 cm³/mol. The lowest BCUT2D eigenvalue weighted by Crippen LogP contribution is -2.25. The van der Waals surface area contributed by atoms with Gasteiger partial charge in [-0.15, -0.1) is 0 Å². The van der Waals surface area contributed by atoms with Gasteiger partial charge in [0.25, 0.3) is 0 Å². The molecule has 272 valence electrons. The molecule has 0 aliphatic carbocycles. The van der Waals surface area contributed by atoms with E-state index in [1.165, 1.54) is 12.8 Å². The highest BCUT2D eigenvalue weighted by atomic mass is 35.5. The van der Waals surface area contributed by atoms with Crippen LogP contribution in [0, 0.1) is 0 Å². The number of benzene rings is 2. The van der Waals surface area contributed by atoms with Crippen LogP contribution >= 0.6 is 31.0 Å². The van der Waals surface area contributed by atoms with Crippen molar-refractivity contribution in [3.05, 3.63) is 70.8 Å². The number of hydrogen-bond donors (Lipinski definition) is 5. The fourth-order valence-electron chi connectivity index (χ4n) is 5.45. The zero-order chi connectivity index (χ0) is 36.4. The van der Waals surface area contributed by atoms with Crippen LogP contribution in [0.3, 0.4) is 0 Å². The van der Waals surface area contributed by atoms with Gasteiger partial charge < -0.3 is 35.1 Å². The molecule has 0 saturated heterocycles. The zero-order valence-electron chi connectivity index (χ0n) is 29.7. The van der Waals surface area contributed by atoms with Crippen molar-refractivity contribution in [2.24, 2.45) is 0 Å². The summed E-state index contributed by atoms with van der Waals surface area (Å²) in [5.74, 6) is 0.860. The maximum atomic E-state index is 8.88. The highest BCUT2D eigenvalue weighted by Crippen LogP contribution is 2.27. The molecule has 2 heterocycles. The van der Waals surface area contributed by atoms with E-state index in [1.54, 1.807) is 0 Å². The second-order valence-corrected chi connectivity index (χ2v) is 13.8. The van der Waals surface area contributed by atoms with Gasteiger partial charge in [-0.1, -0.05) is 87.3 Å². The summed E-state index contributed by atoms with van der Waals surface area (Å²) in [4.78, 5) is 35.5. The number of anilines is 2. The van der Waals surface area contributed by atoms with Crippen molar-refractivity contribution in [1.82, 2.24) is 19.8 Å². The minimum Gasteiger partial charge on any atom is -0.382 e. The molecule has 13 heteroatoms. The van der Waals surface area contributed by atoms with E-state index in [4.69, 9.17) is 42.4 Å². The molecule has 4 rings (SSSR count). The summed E-state index contributed by atoms with van der Waals surface area (Å²) in [5, 5.41) is 10.5. The van der Waals surface area contributed by atoms with Gasteiger partial charge >= 0.3 is 7.82 Å². The van der Waals surface area contributed by atoms with Crippen LogP contribution in [0.2, 0.25) is 10.2 Å². The Bertz CT molecular complexity index is 1570. The highest BCUT2D eigenvalue weighted by Gasteiger charge is 2.10. The Morgan fingerprint density at radius 3 is 1.67 bits per heavy atom. The van der Waals surface area contributed by atoms with Crippen LogP contribution in [0.15, 0.2) is 60.7 Å². The monoisotopic (exact) mass is 736 g/mol. The first-order valence-corrected chi connectivity index (χ1v) is 19.5. The normalized spacial score (nSPS) is 12.7. The number of para-hydroxylation sites is 2. The number of fused-ring (bicyclic) bond motifs is 2. The average Bonchev–Trinajstić information content (AvgIpc) is 3.04. The van der Waals surface area contributed by atoms with Gasteiger partial charge in [-0.05, 0) is 103 Å². The van der Waals surface area contributed by atoms with E-state index in [0.29, 0.717) is 17.2 Å². The van der Waals surface area contributed by atoms with Crippen LogP contribution in [0.5, 0.6) is 0 Å². The molecule has 0 spiro atoms. The van der Waals surface area contributed by atoms with Crippen LogP contribution in [0.25, 0.3) is 21.8 Å².